The molecule has 3 nitrogen and oxygen atoms in total. The highest BCUT2D eigenvalue weighted by atomic mass is 32.2. The maximum absolute atomic E-state index is 12.3. The van der Waals surface area contributed by atoms with Gasteiger partial charge in [0.1, 0.15) is 5.01 Å². The number of amides is 1. The van der Waals surface area contributed by atoms with Crippen LogP contribution in [0.2, 0.25) is 0 Å². The lowest BCUT2D eigenvalue weighted by molar-refractivity contribution is 0.0951. The van der Waals surface area contributed by atoms with Gasteiger partial charge in [-0.3, -0.25) is 4.79 Å². The number of carbonyl (C=O) groups excluding carboxylic acids is 1. The van der Waals surface area contributed by atoms with Crippen LogP contribution < -0.4 is 5.32 Å². The van der Waals surface area contributed by atoms with Crippen molar-refractivity contribution >= 4 is 29.0 Å². The fourth-order valence-corrected chi connectivity index (χ4v) is 3.74. The van der Waals surface area contributed by atoms with Crippen LogP contribution in [0.3, 0.4) is 0 Å². The zero-order chi connectivity index (χ0) is 17.5. The van der Waals surface area contributed by atoms with Crippen LogP contribution >= 0.6 is 23.1 Å². The standard InChI is InChI=1S/C20H20N2OS2/c1-2-24-13-15-8-10-17(11-9-15)20(23)21-12-19-22-18(14-25-19)16-6-4-3-5-7-16/h3-11,14H,2,12-13H2,1H3,(H,21,23). The number of aromatic nitrogens is 1. The second-order valence-electron chi connectivity index (χ2n) is 5.51. The maximum atomic E-state index is 12.3. The Hall–Kier alpha value is -2.11. The number of hydrogen-bond donors (Lipinski definition) is 1. The second-order valence-corrected chi connectivity index (χ2v) is 7.73. The molecule has 5 heteroatoms. The summed E-state index contributed by atoms with van der Waals surface area (Å²) in [5.74, 6) is 2.02. The van der Waals surface area contributed by atoms with Crippen molar-refractivity contribution in [1.29, 1.82) is 0 Å². The molecule has 0 spiro atoms. The molecule has 1 N–H and O–H groups in total. The van der Waals surface area contributed by atoms with Crippen molar-refractivity contribution in [3.63, 3.8) is 0 Å². The van der Waals surface area contributed by atoms with E-state index in [1.54, 1.807) is 11.3 Å². The third-order valence-corrected chi connectivity index (χ3v) is 5.50. The van der Waals surface area contributed by atoms with Gasteiger partial charge in [-0.05, 0) is 23.4 Å². The molecule has 3 aromatic rings. The molecule has 0 saturated carbocycles. The van der Waals surface area contributed by atoms with Gasteiger partial charge in [0.25, 0.3) is 5.91 Å². The molecule has 0 unspecified atom stereocenters. The van der Waals surface area contributed by atoms with Gasteiger partial charge in [-0.15, -0.1) is 11.3 Å². The molecule has 1 aromatic heterocycles. The molecule has 0 aliphatic rings. The highest BCUT2D eigenvalue weighted by Crippen LogP contribution is 2.21. The molecule has 0 saturated heterocycles. The number of hydrogen-bond acceptors (Lipinski definition) is 4. The Balaban J connectivity index is 1.56. The maximum Gasteiger partial charge on any atom is 0.251 e. The molecule has 1 heterocycles. The van der Waals surface area contributed by atoms with Crippen molar-refractivity contribution in [2.45, 2.75) is 19.2 Å². The third kappa shape index (κ3) is 4.94. The number of nitrogens with one attached hydrogen (secondary N) is 1. The van der Waals surface area contributed by atoms with Crippen molar-refractivity contribution in [3.05, 3.63) is 76.1 Å². The van der Waals surface area contributed by atoms with Gasteiger partial charge >= 0.3 is 0 Å². The summed E-state index contributed by atoms with van der Waals surface area (Å²) in [6.45, 7) is 2.60. The number of carbonyl (C=O) groups is 1. The minimum atomic E-state index is -0.0637. The topological polar surface area (TPSA) is 42.0 Å². The van der Waals surface area contributed by atoms with E-state index in [0.717, 1.165) is 27.8 Å². The van der Waals surface area contributed by atoms with Crippen molar-refractivity contribution in [3.8, 4) is 11.3 Å². The van der Waals surface area contributed by atoms with E-state index in [1.165, 1.54) is 5.56 Å². The SMILES string of the molecule is CCSCc1ccc(C(=O)NCc2nc(-c3ccccc3)cs2)cc1. The van der Waals surface area contributed by atoms with Gasteiger partial charge in [0.05, 0.1) is 12.2 Å². The van der Waals surface area contributed by atoms with Gasteiger partial charge in [-0.25, -0.2) is 4.98 Å². The van der Waals surface area contributed by atoms with Gasteiger partial charge in [0.2, 0.25) is 0 Å². The third-order valence-electron chi connectivity index (χ3n) is 3.71. The van der Waals surface area contributed by atoms with Crippen LogP contribution in [0.15, 0.2) is 60.0 Å². The summed E-state index contributed by atoms with van der Waals surface area (Å²) >= 11 is 3.44. The van der Waals surface area contributed by atoms with E-state index in [4.69, 9.17) is 0 Å². The quantitative estimate of drug-likeness (QED) is 0.638. The van der Waals surface area contributed by atoms with Crippen LogP contribution in [-0.2, 0) is 12.3 Å². The Morgan fingerprint density at radius 3 is 2.60 bits per heavy atom. The fraction of sp³-hybridized carbons (Fsp3) is 0.200. The van der Waals surface area contributed by atoms with E-state index in [0.29, 0.717) is 12.1 Å². The molecule has 2 aromatic carbocycles. The van der Waals surface area contributed by atoms with Crippen LogP contribution in [0.1, 0.15) is 27.9 Å². The van der Waals surface area contributed by atoms with Crippen LogP contribution in [0.4, 0.5) is 0 Å². The monoisotopic (exact) mass is 368 g/mol. The minimum Gasteiger partial charge on any atom is -0.346 e. The van der Waals surface area contributed by atoms with Gasteiger partial charge in [0.15, 0.2) is 0 Å². The van der Waals surface area contributed by atoms with E-state index in [9.17, 15) is 4.79 Å². The normalized spacial score (nSPS) is 10.6. The molecule has 128 valence electrons. The van der Waals surface area contributed by atoms with E-state index in [-0.39, 0.29) is 5.91 Å². The van der Waals surface area contributed by atoms with Gasteiger partial charge < -0.3 is 5.32 Å². The molecular formula is C20H20N2OS2. The first-order valence-electron chi connectivity index (χ1n) is 8.21. The van der Waals surface area contributed by atoms with Crippen LogP contribution in [-0.4, -0.2) is 16.6 Å². The van der Waals surface area contributed by atoms with E-state index >= 15 is 0 Å². The van der Waals surface area contributed by atoms with E-state index in [1.807, 2.05) is 71.7 Å². The summed E-state index contributed by atoms with van der Waals surface area (Å²) in [5.41, 5.74) is 3.98. The smallest absolute Gasteiger partial charge is 0.251 e. The average molecular weight is 369 g/mol. The number of nitrogens with zero attached hydrogens (tertiary/aromatic N) is 1. The van der Waals surface area contributed by atoms with E-state index in [2.05, 4.69) is 17.2 Å². The first-order valence-corrected chi connectivity index (χ1v) is 10.2. The molecule has 0 bridgehead atoms. The predicted molar refractivity (Wildman–Crippen MR) is 107 cm³/mol. The lowest BCUT2D eigenvalue weighted by Crippen LogP contribution is -2.22. The van der Waals surface area contributed by atoms with Crippen molar-refractivity contribution in [2.75, 3.05) is 5.75 Å². The second kappa shape index (κ2) is 8.83. The molecule has 3 rings (SSSR count). The number of thiazole rings is 1. The zero-order valence-corrected chi connectivity index (χ0v) is 15.7. The highest BCUT2D eigenvalue weighted by Gasteiger charge is 2.08. The fourth-order valence-electron chi connectivity index (χ4n) is 2.36. The van der Waals surface area contributed by atoms with Gasteiger partial charge in [-0.1, -0.05) is 49.4 Å². The lowest BCUT2D eigenvalue weighted by atomic mass is 10.1. The largest absolute Gasteiger partial charge is 0.346 e. The Labute approximate surface area is 156 Å². The number of benzene rings is 2. The van der Waals surface area contributed by atoms with Crippen molar-refractivity contribution in [1.82, 2.24) is 10.3 Å². The summed E-state index contributed by atoms with van der Waals surface area (Å²) in [5, 5.41) is 5.88. The molecule has 0 aliphatic carbocycles. The first-order chi connectivity index (χ1) is 12.3. The van der Waals surface area contributed by atoms with Crippen LogP contribution in [0.25, 0.3) is 11.3 Å². The Morgan fingerprint density at radius 2 is 1.88 bits per heavy atom. The lowest BCUT2D eigenvalue weighted by Gasteiger charge is -2.05. The number of rotatable bonds is 7. The molecule has 25 heavy (non-hydrogen) atoms. The number of thioether (sulfide) groups is 1. The summed E-state index contributed by atoms with van der Waals surface area (Å²) < 4.78 is 0. The summed E-state index contributed by atoms with van der Waals surface area (Å²) in [6.07, 6.45) is 0. The van der Waals surface area contributed by atoms with E-state index < -0.39 is 0 Å². The van der Waals surface area contributed by atoms with Crippen LogP contribution in [0.5, 0.6) is 0 Å². The molecule has 0 aliphatic heterocycles. The summed E-state index contributed by atoms with van der Waals surface area (Å²) in [4.78, 5) is 16.9. The highest BCUT2D eigenvalue weighted by molar-refractivity contribution is 7.98. The first kappa shape index (κ1) is 17.7. The molecule has 0 atom stereocenters. The average Bonchev–Trinajstić information content (AvgIpc) is 3.14. The summed E-state index contributed by atoms with van der Waals surface area (Å²) in [7, 11) is 0. The Morgan fingerprint density at radius 1 is 1.12 bits per heavy atom. The molecule has 0 fully saturated rings. The van der Waals surface area contributed by atoms with Crippen molar-refractivity contribution < 1.29 is 4.79 Å². The zero-order valence-electron chi connectivity index (χ0n) is 14.1. The van der Waals surface area contributed by atoms with Crippen molar-refractivity contribution in [2.24, 2.45) is 0 Å². The molecule has 1 amide bonds. The molecular weight excluding hydrogens is 348 g/mol. The predicted octanol–water partition coefficient (Wildman–Crippen LogP) is 4.99. The Bertz CT molecular complexity index is 813. The van der Waals surface area contributed by atoms with Crippen LogP contribution in [0, 0.1) is 0 Å². The van der Waals surface area contributed by atoms with Gasteiger partial charge in [0, 0.05) is 22.3 Å². The molecule has 0 radical (unpaired) electrons. The Kier molecular flexibility index (Phi) is 6.25. The van der Waals surface area contributed by atoms with Gasteiger partial charge in [-0.2, -0.15) is 11.8 Å². The summed E-state index contributed by atoms with van der Waals surface area (Å²) in [6, 6.07) is 17.9. The minimum absolute atomic E-state index is 0.0637.